The standard InChI is InChI=1S/C7H6N2O.ClH/c10-6-1-3-9-4-2-8-7(9)5-6;/h1-5,10H;1H. The normalized spacial score (nSPS) is 9.45. The van der Waals surface area contributed by atoms with Gasteiger partial charge in [0, 0.05) is 24.7 Å². The van der Waals surface area contributed by atoms with E-state index in [0.29, 0.717) is 0 Å². The van der Waals surface area contributed by atoms with Crippen LogP contribution >= 0.6 is 12.4 Å². The zero-order valence-corrected chi connectivity index (χ0v) is 6.45. The van der Waals surface area contributed by atoms with E-state index in [9.17, 15) is 0 Å². The van der Waals surface area contributed by atoms with Crippen molar-refractivity contribution in [1.29, 1.82) is 0 Å². The first kappa shape index (κ1) is 7.88. The molecule has 0 amide bonds. The van der Waals surface area contributed by atoms with Gasteiger partial charge in [-0.2, -0.15) is 0 Å². The predicted molar refractivity (Wildman–Crippen MR) is 44.1 cm³/mol. The Morgan fingerprint density at radius 3 is 3.00 bits per heavy atom. The van der Waals surface area contributed by atoms with Gasteiger partial charge in [-0.3, -0.25) is 0 Å². The van der Waals surface area contributed by atoms with E-state index in [1.165, 1.54) is 0 Å². The van der Waals surface area contributed by atoms with E-state index in [1.807, 2.05) is 10.6 Å². The Bertz CT molecular complexity index is 358. The van der Waals surface area contributed by atoms with Crippen LogP contribution in [0, 0.1) is 0 Å². The van der Waals surface area contributed by atoms with Crippen LogP contribution in [0.5, 0.6) is 5.75 Å². The summed E-state index contributed by atoms with van der Waals surface area (Å²) in [7, 11) is 0. The molecule has 0 unspecified atom stereocenters. The summed E-state index contributed by atoms with van der Waals surface area (Å²) in [4.78, 5) is 3.98. The number of aromatic nitrogens is 2. The topological polar surface area (TPSA) is 37.5 Å². The van der Waals surface area contributed by atoms with Gasteiger partial charge in [0.05, 0.1) is 0 Å². The Balaban J connectivity index is 0.000000605. The van der Waals surface area contributed by atoms with E-state index in [-0.39, 0.29) is 18.2 Å². The van der Waals surface area contributed by atoms with Gasteiger partial charge in [0.25, 0.3) is 0 Å². The number of hydrogen-bond donors (Lipinski definition) is 1. The summed E-state index contributed by atoms with van der Waals surface area (Å²) in [5, 5.41) is 9.00. The van der Waals surface area contributed by atoms with E-state index >= 15 is 0 Å². The van der Waals surface area contributed by atoms with Gasteiger partial charge in [-0.25, -0.2) is 4.98 Å². The van der Waals surface area contributed by atoms with Crippen molar-refractivity contribution in [3.63, 3.8) is 0 Å². The molecule has 0 saturated carbocycles. The highest BCUT2D eigenvalue weighted by Gasteiger charge is 1.92. The molecule has 0 aliphatic rings. The highest BCUT2D eigenvalue weighted by atomic mass is 35.5. The van der Waals surface area contributed by atoms with Gasteiger partial charge in [0.2, 0.25) is 0 Å². The fraction of sp³-hybridized carbons (Fsp3) is 0. The zero-order chi connectivity index (χ0) is 6.97. The van der Waals surface area contributed by atoms with Gasteiger partial charge in [-0.05, 0) is 6.07 Å². The van der Waals surface area contributed by atoms with Crippen molar-refractivity contribution in [2.75, 3.05) is 0 Å². The first-order chi connectivity index (χ1) is 4.86. The van der Waals surface area contributed by atoms with E-state index in [2.05, 4.69) is 4.98 Å². The first-order valence-electron chi connectivity index (χ1n) is 2.98. The van der Waals surface area contributed by atoms with Crippen molar-refractivity contribution < 1.29 is 5.11 Å². The van der Waals surface area contributed by atoms with Gasteiger partial charge >= 0.3 is 0 Å². The van der Waals surface area contributed by atoms with Crippen LogP contribution in [-0.4, -0.2) is 14.5 Å². The number of fused-ring (bicyclic) bond motifs is 1. The minimum absolute atomic E-state index is 0. The first-order valence-corrected chi connectivity index (χ1v) is 2.98. The molecule has 2 aromatic heterocycles. The molecule has 2 aromatic rings. The molecule has 3 nitrogen and oxygen atoms in total. The van der Waals surface area contributed by atoms with Gasteiger partial charge in [0.1, 0.15) is 11.4 Å². The SMILES string of the molecule is Cl.Oc1ccn2ccnc2c1. The molecule has 0 atom stereocenters. The number of imidazole rings is 1. The van der Waals surface area contributed by atoms with Gasteiger partial charge in [0.15, 0.2) is 0 Å². The van der Waals surface area contributed by atoms with Crippen LogP contribution in [0.2, 0.25) is 0 Å². The van der Waals surface area contributed by atoms with Crippen molar-refractivity contribution in [2.45, 2.75) is 0 Å². The predicted octanol–water partition coefficient (Wildman–Crippen LogP) is 1.46. The minimum Gasteiger partial charge on any atom is -0.508 e. The number of aromatic hydroxyl groups is 1. The van der Waals surface area contributed by atoms with Crippen LogP contribution in [0.4, 0.5) is 0 Å². The molecule has 11 heavy (non-hydrogen) atoms. The molecular formula is C7H7ClN2O. The number of pyridine rings is 1. The van der Waals surface area contributed by atoms with Crippen LogP contribution in [0.3, 0.4) is 0 Å². The second kappa shape index (κ2) is 2.80. The molecule has 0 spiro atoms. The summed E-state index contributed by atoms with van der Waals surface area (Å²) in [5.74, 6) is 0.249. The molecule has 0 aromatic carbocycles. The second-order valence-corrected chi connectivity index (χ2v) is 2.08. The highest BCUT2D eigenvalue weighted by Crippen LogP contribution is 2.09. The molecular weight excluding hydrogens is 164 g/mol. The number of hydrogen-bond acceptors (Lipinski definition) is 2. The average molecular weight is 171 g/mol. The molecule has 58 valence electrons. The summed E-state index contributed by atoms with van der Waals surface area (Å²) in [6, 6.07) is 3.23. The lowest BCUT2D eigenvalue weighted by Gasteiger charge is -1.91. The summed E-state index contributed by atoms with van der Waals surface area (Å²) in [6.07, 6.45) is 5.28. The van der Waals surface area contributed by atoms with Crippen LogP contribution in [0.25, 0.3) is 5.65 Å². The quantitative estimate of drug-likeness (QED) is 0.650. The smallest absolute Gasteiger partial charge is 0.140 e. The molecule has 2 rings (SSSR count). The van der Waals surface area contributed by atoms with Gasteiger partial charge in [-0.15, -0.1) is 12.4 Å². The number of rotatable bonds is 0. The molecule has 1 N–H and O–H groups in total. The molecule has 0 aliphatic carbocycles. The molecule has 0 bridgehead atoms. The summed E-state index contributed by atoms with van der Waals surface area (Å²) >= 11 is 0. The molecule has 2 heterocycles. The van der Waals surface area contributed by atoms with Crippen molar-refractivity contribution in [1.82, 2.24) is 9.38 Å². The Hall–Kier alpha value is -1.22. The molecule has 0 radical (unpaired) electrons. The lowest BCUT2D eigenvalue weighted by Crippen LogP contribution is -1.79. The Labute approximate surface area is 69.7 Å². The molecule has 0 saturated heterocycles. The summed E-state index contributed by atoms with van der Waals surface area (Å²) < 4.78 is 1.83. The van der Waals surface area contributed by atoms with Crippen molar-refractivity contribution >= 4 is 18.1 Å². The molecule has 4 heteroatoms. The Kier molecular flexibility index (Phi) is 2.01. The third-order valence-corrected chi connectivity index (χ3v) is 1.38. The Morgan fingerprint density at radius 1 is 1.36 bits per heavy atom. The van der Waals surface area contributed by atoms with E-state index < -0.39 is 0 Å². The zero-order valence-electron chi connectivity index (χ0n) is 5.64. The monoisotopic (exact) mass is 170 g/mol. The number of nitrogens with zero attached hydrogens (tertiary/aromatic N) is 2. The van der Waals surface area contributed by atoms with Crippen LogP contribution in [-0.2, 0) is 0 Å². The summed E-state index contributed by atoms with van der Waals surface area (Å²) in [5.41, 5.74) is 0.764. The lowest BCUT2D eigenvalue weighted by molar-refractivity contribution is 0.475. The Morgan fingerprint density at radius 2 is 2.18 bits per heavy atom. The fourth-order valence-corrected chi connectivity index (χ4v) is 0.899. The number of halogens is 1. The van der Waals surface area contributed by atoms with Crippen LogP contribution in [0.15, 0.2) is 30.7 Å². The van der Waals surface area contributed by atoms with Crippen molar-refractivity contribution in [2.24, 2.45) is 0 Å². The maximum Gasteiger partial charge on any atom is 0.140 e. The largest absolute Gasteiger partial charge is 0.508 e. The average Bonchev–Trinajstić information content (AvgIpc) is 2.33. The maximum atomic E-state index is 9.00. The van der Waals surface area contributed by atoms with Crippen LogP contribution in [0.1, 0.15) is 0 Å². The fourth-order valence-electron chi connectivity index (χ4n) is 0.899. The minimum atomic E-state index is 0. The maximum absolute atomic E-state index is 9.00. The summed E-state index contributed by atoms with van der Waals surface area (Å²) in [6.45, 7) is 0. The highest BCUT2D eigenvalue weighted by molar-refractivity contribution is 5.85. The van der Waals surface area contributed by atoms with Crippen molar-refractivity contribution in [3.8, 4) is 5.75 Å². The van der Waals surface area contributed by atoms with Gasteiger partial charge in [-0.1, -0.05) is 0 Å². The van der Waals surface area contributed by atoms with Gasteiger partial charge < -0.3 is 9.51 Å². The van der Waals surface area contributed by atoms with Crippen LogP contribution < -0.4 is 0 Å². The third-order valence-electron chi connectivity index (χ3n) is 1.38. The second-order valence-electron chi connectivity index (χ2n) is 2.08. The van der Waals surface area contributed by atoms with Crippen molar-refractivity contribution in [3.05, 3.63) is 30.7 Å². The van der Waals surface area contributed by atoms with E-state index in [1.54, 1.807) is 24.5 Å². The molecule has 0 aliphatic heterocycles. The third kappa shape index (κ3) is 1.28. The van der Waals surface area contributed by atoms with E-state index in [4.69, 9.17) is 5.11 Å². The molecule has 0 fully saturated rings. The van der Waals surface area contributed by atoms with E-state index in [0.717, 1.165) is 5.65 Å². The lowest BCUT2D eigenvalue weighted by atomic mass is 10.4.